The van der Waals surface area contributed by atoms with E-state index >= 15 is 0 Å². The second-order valence-corrected chi connectivity index (χ2v) is 6.40. The summed E-state index contributed by atoms with van der Waals surface area (Å²) < 4.78 is 1.74. The van der Waals surface area contributed by atoms with Crippen LogP contribution in [0.3, 0.4) is 0 Å². The van der Waals surface area contributed by atoms with Gasteiger partial charge in [-0.1, -0.05) is 13.0 Å². The van der Waals surface area contributed by atoms with Crippen molar-refractivity contribution in [3.05, 3.63) is 42.4 Å². The Morgan fingerprint density at radius 2 is 2.04 bits per heavy atom. The number of aromatic nitrogens is 4. The second-order valence-electron chi connectivity index (χ2n) is 6.40. The minimum atomic E-state index is 0.0658. The predicted octanol–water partition coefficient (Wildman–Crippen LogP) is 2.71. The minimum absolute atomic E-state index is 0.0658. The molecular weight excluding hydrogens is 328 g/mol. The van der Waals surface area contributed by atoms with Crippen molar-refractivity contribution in [2.24, 2.45) is 12.8 Å². The van der Waals surface area contributed by atoms with Crippen LogP contribution in [0.1, 0.15) is 19.0 Å². The fourth-order valence-electron chi connectivity index (χ4n) is 2.62. The molecule has 0 unspecified atom stereocenters. The monoisotopic (exact) mass is 352 g/mol. The Balaban J connectivity index is 1.96. The van der Waals surface area contributed by atoms with Crippen molar-refractivity contribution < 1.29 is 5.11 Å². The number of aryl methyl sites for hydroxylation is 2. The number of nitrogens with one attached hydrogen (secondary N) is 1. The summed E-state index contributed by atoms with van der Waals surface area (Å²) in [5.41, 5.74) is 9.27. The third-order valence-corrected chi connectivity index (χ3v) is 4.20. The third-order valence-electron chi connectivity index (χ3n) is 4.20. The van der Waals surface area contributed by atoms with Gasteiger partial charge in [0.05, 0.1) is 11.8 Å². The highest BCUT2D eigenvalue weighted by Crippen LogP contribution is 2.32. The lowest BCUT2D eigenvalue weighted by Gasteiger charge is -2.13. The number of hydrogen-bond donors (Lipinski definition) is 3. The van der Waals surface area contributed by atoms with Crippen molar-refractivity contribution in [3.63, 3.8) is 0 Å². The van der Waals surface area contributed by atoms with Crippen molar-refractivity contribution >= 4 is 5.82 Å². The van der Waals surface area contributed by atoms with Gasteiger partial charge in [-0.15, -0.1) is 0 Å². The highest BCUT2D eigenvalue weighted by molar-refractivity contribution is 5.74. The molecular formula is C19H24N6O. The van der Waals surface area contributed by atoms with Gasteiger partial charge in [0.15, 0.2) is 5.82 Å². The molecule has 0 spiro atoms. The zero-order valence-electron chi connectivity index (χ0n) is 15.3. The molecule has 0 aliphatic rings. The molecule has 4 N–H and O–H groups in total. The molecule has 136 valence electrons. The van der Waals surface area contributed by atoms with E-state index in [1.807, 2.05) is 45.3 Å². The van der Waals surface area contributed by atoms with Gasteiger partial charge in [0, 0.05) is 43.2 Å². The Labute approximate surface area is 152 Å². The quantitative estimate of drug-likeness (QED) is 0.630. The second kappa shape index (κ2) is 7.53. The van der Waals surface area contributed by atoms with E-state index in [1.54, 1.807) is 16.9 Å². The topological polar surface area (TPSA) is 102 Å². The van der Waals surface area contributed by atoms with Crippen LogP contribution in [0.4, 0.5) is 5.82 Å². The van der Waals surface area contributed by atoms with Gasteiger partial charge < -0.3 is 16.2 Å². The predicted molar refractivity (Wildman–Crippen MR) is 103 cm³/mol. The Hall–Kier alpha value is -2.93. The van der Waals surface area contributed by atoms with E-state index < -0.39 is 0 Å². The van der Waals surface area contributed by atoms with E-state index in [0.29, 0.717) is 23.8 Å². The molecule has 0 amide bonds. The highest BCUT2D eigenvalue weighted by atomic mass is 16.3. The Morgan fingerprint density at radius 3 is 2.73 bits per heavy atom. The summed E-state index contributed by atoms with van der Waals surface area (Å²) in [6, 6.07) is 7.32. The molecule has 0 saturated carbocycles. The first-order chi connectivity index (χ1) is 12.5. The van der Waals surface area contributed by atoms with Gasteiger partial charge in [0.2, 0.25) is 0 Å². The fourth-order valence-corrected chi connectivity index (χ4v) is 2.62. The van der Waals surface area contributed by atoms with Gasteiger partial charge in [0.1, 0.15) is 11.6 Å². The van der Waals surface area contributed by atoms with E-state index in [1.165, 1.54) is 0 Å². The van der Waals surface area contributed by atoms with Crippen molar-refractivity contribution in [2.75, 3.05) is 11.9 Å². The molecule has 0 aliphatic heterocycles. The van der Waals surface area contributed by atoms with Crippen molar-refractivity contribution in [1.82, 2.24) is 19.7 Å². The lowest BCUT2D eigenvalue weighted by Crippen LogP contribution is -2.28. The first-order valence-electron chi connectivity index (χ1n) is 8.63. The Kier molecular flexibility index (Phi) is 5.18. The first-order valence-corrected chi connectivity index (χ1v) is 8.63. The molecule has 2 aromatic heterocycles. The van der Waals surface area contributed by atoms with E-state index in [0.717, 1.165) is 23.2 Å². The average molecular weight is 352 g/mol. The van der Waals surface area contributed by atoms with Crippen LogP contribution in [-0.4, -0.2) is 37.4 Å². The van der Waals surface area contributed by atoms with Crippen LogP contribution in [-0.2, 0) is 7.05 Å². The number of rotatable bonds is 6. The number of nitrogens with two attached hydrogens (primary N) is 1. The molecule has 0 bridgehead atoms. The SMILES string of the molecule is CC[C@H](N)CNc1cc(C)nc(-c2cc(-c3cnn(C)c3)ccc2O)n1. The number of phenols is 1. The summed E-state index contributed by atoms with van der Waals surface area (Å²) in [5, 5.41) is 17.8. The highest BCUT2D eigenvalue weighted by Gasteiger charge is 2.12. The van der Waals surface area contributed by atoms with Crippen LogP contribution in [0.2, 0.25) is 0 Å². The van der Waals surface area contributed by atoms with Crippen LogP contribution < -0.4 is 11.1 Å². The Bertz CT molecular complexity index is 905. The lowest BCUT2D eigenvalue weighted by atomic mass is 10.0. The van der Waals surface area contributed by atoms with Crippen LogP contribution in [0.25, 0.3) is 22.5 Å². The fraction of sp³-hybridized carbons (Fsp3) is 0.316. The molecule has 0 fully saturated rings. The maximum Gasteiger partial charge on any atom is 0.165 e. The number of nitrogens with zero attached hydrogens (tertiary/aromatic N) is 4. The van der Waals surface area contributed by atoms with Gasteiger partial charge in [-0.25, -0.2) is 9.97 Å². The number of aromatic hydroxyl groups is 1. The van der Waals surface area contributed by atoms with Crippen LogP contribution in [0.15, 0.2) is 36.7 Å². The van der Waals surface area contributed by atoms with Gasteiger partial charge in [-0.05, 0) is 31.0 Å². The average Bonchev–Trinajstić information content (AvgIpc) is 3.06. The number of benzene rings is 1. The molecule has 2 heterocycles. The largest absolute Gasteiger partial charge is 0.507 e. The molecule has 0 aliphatic carbocycles. The molecule has 0 radical (unpaired) electrons. The standard InChI is InChI=1S/C19H24N6O/c1-4-15(20)10-21-18-7-12(2)23-19(24-18)16-8-13(5-6-17(16)26)14-9-22-25(3)11-14/h5-9,11,15,26H,4,10,20H2,1-3H3,(H,21,23,24)/t15-/m0/s1. The van der Waals surface area contributed by atoms with Crippen LogP contribution in [0.5, 0.6) is 5.75 Å². The molecule has 3 rings (SSSR count). The number of phenolic OH excluding ortho intramolecular Hbond substituents is 1. The zero-order valence-corrected chi connectivity index (χ0v) is 15.3. The molecule has 0 saturated heterocycles. The summed E-state index contributed by atoms with van der Waals surface area (Å²) in [7, 11) is 1.87. The molecule has 26 heavy (non-hydrogen) atoms. The van der Waals surface area contributed by atoms with Crippen molar-refractivity contribution in [2.45, 2.75) is 26.3 Å². The summed E-state index contributed by atoms with van der Waals surface area (Å²) in [6.45, 7) is 4.58. The van der Waals surface area contributed by atoms with E-state index in [2.05, 4.69) is 20.4 Å². The third kappa shape index (κ3) is 4.00. The Morgan fingerprint density at radius 1 is 1.23 bits per heavy atom. The smallest absolute Gasteiger partial charge is 0.165 e. The normalized spacial score (nSPS) is 12.2. The molecule has 7 nitrogen and oxygen atoms in total. The van der Waals surface area contributed by atoms with Crippen molar-refractivity contribution in [3.8, 4) is 28.3 Å². The zero-order chi connectivity index (χ0) is 18.7. The maximum atomic E-state index is 10.3. The van der Waals surface area contributed by atoms with Crippen LogP contribution >= 0.6 is 0 Å². The summed E-state index contributed by atoms with van der Waals surface area (Å²) >= 11 is 0. The summed E-state index contributed by atoms with van der Waals surface area (Å²) in [4.78, 5) is 9.04. The van der Waals surface area contributed by atoms with Crippen molar-refractivity contribution in [1.29, 1.82) is 0 Å². The molecule has 3 aromatic rings. The van der Waals surface area contributed by atoms with Crippen LogP contribution in [0, 0.1) is 6.92 Å². The minimum Gasteiger partial charge on any atom is -0.507 e. The number of hydrogen-bond acceptors (Lipinski definition) is 6. The van der Waals surface area contributed by atoms with Gasteiger partial charge in [0.25, 0.3) is 0 Å². The molecule has 1 atom stereocenters. The van der Waals surface area contributed by atoms with E-state index in [4.69, 9.17) is 5.73 Å². The molecule has 1 aromatic carbocycles. The maximum absolute atomic E-state index is 10.3. The summed E-state index contributed by atoms with van der Waals surface area (Å²) in [6.07, 6.45) is 4.59. The number of anilines is 1. The van der Waals surface area contributed by atoms with Gasteiger partial charge in [-0.2, -0.15) is 5.10 Å². The van der Waals surface area contributed by atoms with E-state index in [9.17, 15) is 5.11 Å². The molecule has 7 heteroatoms. The van der Waals surface area contributed by atoms with Gasteiger partial charge >= 0.3 is 0 Å². The first kappa shape index (κ1) is 17.9. The lowest BCUT2D eigenvalue weighted by molar-refractivity contribution is 0.477. The summed E-state index contributed by atoms with van der Waals surface area (Å²) in [5.74, 6) is 1.31. The van der Waals surface area contributed by atoms with Gasteiger partial charge in [-0.3, -0.25) is 4.68 Å². The van der Waals surface area contributed by atoms with E-state index in [-0.39, 0.29) is 11.8 Å².